The predicted molar refractivity (Wildman–Crippen MR) is 78.1 cm³/mol. The van der Waals surface area contributed by atoms with Crippen LogP contribution < -0.4 is 10.1 Å². The number of anilines is 1. The van der Waals surface area contributed by atoms with Crippen LogP contribution in [0.3, 0.4) is 0 Å². The van der Waals surface area contributed by atoms with E-state index in [2.05, 4.69) is 5.32 Å². The standard InChI is InChI=1S/C15H15ClFNO2/c1-9-3-4-12(17)7-13(9)18-8-10-5-11(16)6-14(20-2)15(10)19/h3-7,18-19H,8H2,1-2H3. The van der Waals surface area contributed by atoms with Crippen LogP contribution >= 0.6 is 11.6 Å². The maximum atomic E-state index is 13.2. The van der Waals surface area contributed by atoms with E-state index in [9.17, 15) is 9.50 Å². The van der Waals surface area contributed by atoms with E-state index in [1.54, 1.807) is 12.1 Å². The molecule has 0 atom stereocenters. The molecule has 0 radical (unpaired) electrons. The second kappa shape index (κ2) is 6.01. The Bertz CT molecular complexity index is 632. The molecule has 2 N–H and O–H groups in total. The Hall–Kier alpha value is -1.94. The zero-order valence-electron chi connectivity index (χ0n) is 11.2. The first kappa shape index (κ1) is 14.5. The molecular weight excluding hydrogens is 281 g/mol. The number of benzene rings is 2. The lowest BCUT2D eigenvalue weighted by atomic mass is 10.1. The van der Waals surface area contributed by atoms with Crippen molar-refractivity contribution in [2.45, 2.75) is 13.5 Å². The van der Waals surface area contributed by atoms with Crippen molar-refractivity contribution < 1.29 is 14.2 Å². The van der Waals surface area contributed by atoms with Crippen LogP contribution in [0.15, 0.2) is 30.3 Å². The highest BCUT2D eigenvalue weighted by molar-refractivity contribution is 6.30. The molecule has 0 aromatic heterocycles. The van der Waals surface area contributed by atoms with Gasteiger partial charge in [0.1, 0.15) is 5.82 Å². The lowest BCUT2D eigenvalue weighted by Gasteiger charge is -2.13. The topological polar surface area (TPSA) is 41.5 Å². The summed E-state index contributed by atoms with van der Waals surface area (Å²) in [6.07, 6.45) is 0. The van der Waals surface area contributed by atoms with Crippen molar-refractivity contribution in [3.8, 4) is 11.5 Å². The van der Waals surface area contributed by atoms with E-state index in [1.807, 2.05) is 6.92 Å². The van der Waals surface area contributed by atoms with Gasteiger partial charge in [0.15, 0.2) is 11.5 Å². The minimum Gasteiger partial charge on any atom is -0.504 e. The van der Waals surface area contributed by atoms with Gasteiger partial charge < -0.3 is 15.2 Å². The van der Waals surface area contributed by atoms with Gasteiger partial charge in [-0.05, 0) is 30.7 Å². The molecule has 0 bridgehead atoms. The van der Waals surface area contributed by atoms with Gasteiger partial charge in [-0.1, -0.05) is 17.7 Å². The summed E-state index contributed by atoms with van der Waals surface area (Å²) in [6.45, 7) is 2.19. The molecule has 0 heterocycles. The number of methoxy groups -OCH3 is 1. The zero-order valence-corrected chi connectivity index (χ0v) is 12.0. The van der Waals surface area contributed by atoms with E-state index in [0.717, 1.165) is 5.56 Å². The van der Waals surface area contributed by atoms with E-state index >= 15 is 0 Å². The Morgan fingerprint density at radius 2 is 2.05 bits per heavy atom. The van der Waals surface area contributed by atoms with Crippen LogP contribution in [0.25, 0.3) is 0 Å². The third kappa shape index (κ3) is 3.14. The van der Waals surface area contributed by atoms with Crippen molar-refractivity contribution in [2.75, 3.05) is 12.4 Å². The van der Waals surface area contributed by atoms with Crippen LogP contribution in [-0.4, -0.2) is 12.2 Å². The molecule has 0 aliphatic carbocycles. The molecule has 20 heavy (non-hydrogen) atoms. The SMILES string of the molecule is COc1cc(Cl)cc(CNc2cc(F)ccc2C)c1O. The van der Waals surface area contributed by atoms with Crippen molar-refractivity contribution in [2.24, 2.45) is 0 Å². The number of rotatable bonds is 4. The number of phenols is 1. The van der Waals surface area contributed by atoms with Crippen LogP contribution in [0.4, 0.5) is 10.1 Å². The van der Waals surface area contributed by atoms with Gasteiger partial charge in [-0.25, -0.2) is 4.39 Å². The Kier molecular flexibility index (Phi) is 4.35. The molecule has 0 saturated carbocycles. The van der Waals surface area contributed by atoms with Crippen molar-refractivity contribution >= 4 is 17.3 Å². The van der Waals surface area contributed by atoms with Gasteiger partial charge in [-0.2, -0.15) is 0 Å². The number of hydrogen-bond donors (Lipinski definition) is 2. The van der Waals surface area contributed by atoms with Gasteiger partial charge in [0, 0.05) is 28.9 Å². The first-order chi connectivity index (χ1) is 9.51. The van der Waals surface area contributed by atoms with Crippen LogP contribution in [-0.2, 0) is 6.54 Å². The van der Waals surface area contributed by atoms with Gasteiger partial charge in [0.05, 0.1) is 7.11 Å². The third-order valence-electron chi connectivity index (χ3n) is 3.01. The average Bonchev–Trinajstić information content (AvgIpc) is 2.42. The zero-order chi connectivity index (χ0) is 14.7. The summed E-state index contributed by atoms with van der Waals surface area (Å²) in [6, 6.07) is 7.68. The predicted octanol–water partition coefficient (Wildman–Crippen LogP) is 4.11. The van der Waals surface area contributed by atoms with Gasteiger partial charge in [-0.15, -0.1) is 0 Å². The van der Waals surface area contributed by atoms with Crippen LogP contribution in [0.5, 0.6) is 11.5 Å². The van der Waals surface area contributed by atoms with Gasteiger partial charge in [0.2, 0.25) is 0 Å². The molecule has 0 amide bonds. The Labute approximate surface area is 122 Å². The minimum atomic E-state index is -0.314. The molecule has 0 aliphatic rings. The number of hydrogen-bond acceptors (Lipinski definition) is 3. The molecule has 0 unspecified atom stereocenters. The summed E-state index contributed by atoms with van der Waals surface area (Å²) in [7, 11) is 1.46. The first-order valence-electron chi connectivity index (χ1n) is 6.06. The molecule has 106 valence electrons. The fourth-order valence-electron chi connectivity index (χ4n) is 1.89. The monoisotopic (exact) mass is 295 g/mol. The van der Waals surface area contributed by atoms with Crippen molar-refractivity contribution in [1.82, 2.24) is 0 Å². The molecule has 5 heteroatoms. The van der Waals surface area contributed by atoms with Crippen LogP contribution in [0.2, 0.25) is 5.02 Å². The summed E-state index contributed by atoms with van der Waals surface area (Å²) in [5.41, 5.74) is 2.17. The van der Waals surface area contributed by atoms with E-state index in [-0.39, 0.29) is 11.6 Å². The van der Waals surface area contributed by atoms with Crippen molar-refractivity contribution in [1.29, 1.82) is 0 Å². The largest absolute Gasteiger partial charge is 0.504 e. The Balaban J connectivity index is 2.23. The number of nitrogens with one attached hydrogen (secondary N) is 1. The average molecular weight is 296 g/mol. The molecule has 2 aromatic carbocycles. The van der Waals surface area contributed by atoms with Crippen molar-refractivity contribution in [3.63, 3.8) is 0 Å². The van der Waals surface area contributed by atoms with E-state index < -0.39 is 0 Å². The molecule has 2 rings (SSSR count). The van der Waals surface area contributed by atoms with E-state index in [1.165, 1.54) is 25.3 Å². The van der Waals surface area contributed by atoms with Gasteiger partial charge >= 0.3 is 0 Å². The normalized spacial score (nSPS) is 10.4. The second-order valence-electron chi connectivity index (χ2n) is 4.43. The summed E-state index contributed by atoms with van der Waals surface area (Å²) >= 11 is 5.96. The van der Waals surface area contributed by atoms with Crippen molar-refractivity contribution in [3.05, 3.63) is 52.3 Å². The summed E-state index contributed by atoms with van der Waals surface area (Å²) in [5.74, 6) is 0.0229. The molecule has 3 nitrogen and oxygen atoms in total. The minimum absolute atomic E-state index is 0.0263. The number of aromatic hydroxyl groups is 1. The smallest absolute Gasteiger partial charge is 0.162 e. The molecule has 0 fully saturated rings. The maximum absolute atomic E-state index is 13.2. The number of ether oxygens (including phenoxy) is 1. The third-order valence-corrected chi connectivity index (χ3v) is 3.23. The van der Waals surface area contributed by atoms with Crippen LogP contribution in [0.1, 0.15) is 11.1 Å². The first-order valence-corrected chi connectivity index (χ1v) is 6.44. The van der Waals surface area contributed by atoms with Gasteiger partial charge in [-0.3, -0.25) is 0 Å². The molecule has 0 spiro atoms. The second-order valence-corrected chi connectivity index (χ2v) is 4.87. The molecule has 0 aliphatic heterocycles. The quantitative estimate of drug-likeness (QED) is 0.892. The Morgan fingerprint density at radius 3 is 2.75 bits per heavy atom. The number of phenolic OH excluding ortho intramolecular Hbond substituents is 1. The lowest BCUT2D eigenvalue weighted by Crippen LogP contribution is -2.02. The van der Waals surface area contributed by atoms with E-state index in [0.29, 0.717) is 28.6 Å². The molecular formula is C15H15ClFNO2. The fourth-order valence-corrected chi connectivity index (χ4v) is 2.12. The summed E-state index contributed by atoms with van der Waals surface area (Å²) in [5, 5.41) is 13.6. The van der Waals surface area contributed by atoms with Crippen LogP contribution in [0, 0.1) is 12.7 Å². The van der Waals surface area contributed by atoms with Gasteiger partial charge in [0.25, 0.3) is 0 Å². The fraction of sp³-hybridized carbons (Fsp3) is 0.200. The number of aryl methyl sites for hydroxylation is 1. The highest BCUT2D eigenvalue weighted by Crippen LogP contribution is 2.34. The number of halogens is 2. The summed E-state index contributed by atoms with van der Waals surface area (Å²) in [4.78, 5) is 0. The summed E-state index contributed by atoms with van der Waals surface area (Å²) < 4.78 is 18.2. The molecule has 2 aromatic rings. The Morgan fingerprint density at radius 1 is 1.30 bits per heavy atom. The molecule has 0 saturated heterocycles. The lowest BCUT2D eigenvalue weighted by molar-refractivity contribution is 0.371. The highest BCUT2D eigenvalue weighted by atomic mass is 35.5. The van der Waals surface area contributed by atoms with E-state index in [4.69, 9.17) is 16.3 Å². The maximum Gasteiger partial charge on any atom is 0.162 e. The highest BCUT2D eigenvalue weighted by Gasteiger charge is 2.10.